The van der Waals surface area contributed by atoms with Gasteiger partial charge in [-0.25, -0.2) is 4.98 Å². The Morgan fingerprint density at radius 2 is 2.12 bits per heavy atom. The molecule has 0 saturated heterocycles. The first-order chi connectivity index (χ1) is 7.66. The summed E-state index contributed by atoms with van der Waals surface area (Å²) in [5.74, 6) is 0.569. The third-order valence-corrected chi connectivity index (χ3v) is 2.30. The molecular weight excluding hydrogens is 200 g/mol. The zero-order valence-electron chi connectivity index (χ0n) is 9.38. The van der Waals surface area contributed by atoms with Crippen LogP contribution < -0.4 is 5.73 Å². The maximum Gasteiger partial charge on any atom is 0.168 e. The van der Waals surface area contributed by atoms with Crippen molar-refractivity contribution in [3.05, 3.63) is 41.9 Å². The Balaban J connectivity index is 2.44. The van der Waals surface area contributed by atoms with Crippen LogP contribution in [0, 0.1) is 6.92 Å². The van der Waals surface area contributed by atoms with Crippen LogP contribution in [-0.2, 0) is 0 Å². The fourth-order valence-electron chi connectivity index (χ4n) is 1.45. The molecule has 0 radical (unpaired) electrons. The van der Waals surface area contributed by atoms with Crippen LogP contribution in [-0.4, -0.2) is 15.2 Å². The Morgan fingerprint density at radius 1 is 1.31 bits per heavy atom. The van der Waals surface area contributed by atoms with Gasteiger partial charge in [0.1, 0.15) is 0 Å². The Bertz CT molecular complexity index is 494. The second-order valence-corrected chi connectivity index (χ2v) is 3.86. The first kappa shape index (κ1) is 10.7. The molecule has 16 heavy (non-hydrogen) atoms. The SMILES string of the molecule is Cc1cccc(-c2cnnc(C(C)N)n2)c1. The zero-order chi connectivity index (χ0) is 11.5. The molecule has 0 aliphatic heterocycles. The molecule has 0 bridgehead atoms. The monoisotopic (exact) mass is 214 g/mol. The van der Waals surface area contributed by atoms with Crippen LogP contribution >= 0.6 is 0 Å². The molecule has 1 heterocycles. The molecule has 0 amide bonds. The molecule has 2 aromatic rings. The number of nitrogens with zero attached hydrogens (tertiary/aromatic N) is 3. The number of rotatable bonds is 2. The van der Waals surface area contributed by atoms with Gasteiger partial charge in [-0.15, -0.1) is 5.10 Å². The van der Waals surface area contributed by atoms with Crippen LogP contribution in [0.1, 0.15) is 24.4 Å². The quantitative estimate of drug-likeness (QED) is 0.828. The molecular formula is C12H14N4. The summed E-state index contributed by atoms with van der Waals surface area (Å²) in [6.45, 7) is 3.89. The number of aryl methyl sites for hydroxylation is 1. The summed E-state index contributed by atoms with van der Waals surface area (Å²) < 4.78 is 0. The highest BCUT2D eigenvalue weighted by Gasteiger charge is 2.06. The van der Waals surface area contributed by atoms with E-state index in [1.165, 1.54) is 5.56 Å². The molecule has 0 aliphatic carbocycles. The number of nitrogens with two attached hydrogens (primary N) is 1. The van der Waals surface area contributed by atoms with Crippen LogP contribution in [0.5, 0.6) is 0 Å². The van der Waals surface area contributed by atoms with Crippen LogP contribution in [0.15, 0.2) is 30.5 Å². The number of hydrogen-bond donors (Lipinski definition) is 1. The summed E-state index contributed by atoms with van der Waals surface area (Å²) >= 11 is 0. The minimum absolute atomic E-state index is 0.197. The predicted octanol–water partition coefficient (Wildman–Crippen LogP) is 1.87. The first-order valence-corrected chi connectivity index (χ1v) is 5.19. The zero-order valence-corrected chi connectivity index (χ0v) is 9.38. The van der Waals surface area contributed by atoms with Gasteiger partial charge in [0.15, 0.2) is 5.82 Å². The van der Waals surface area contributed by atoms with E-state index in [4.69, 9.17) is 5.73 Å². The van der Waals surface area contributed by atoms with Crippen LogP contribution in [0.2, 0.25) is 0 Å². The molecule has 0 fully saturated rings. The van der Waals surface area contributed by atoms with E-state index < -0.39 is 0 Å². The molecule has 2 rings (SSSR count). The van der Waals surface area contributed by atoms with Gasteiger partial charge in [-0.1, -0.05) is 23.8 Å². The molecule has 0 saturated carbocycles. The van der Waals surface area contributed by atoms with Crippen LogP contribution in [0.3, 0.4) is 0 Å². The van der Waals surface area contributed by atoms with Gasteiger partial charge in [0, 0.05) is 5.56 Å². The Morgan fingerprint density at radius 3 is 2.81 bits per heavy atom. The fraction of sp³-hybridized carbons (Fsp3) is 0.250. The summed E-state index contributed by atoms with van der Waals surface area (Å²) in [6, 6.07) is 7.91. The van der Waals surface area contributed by atoms with Crippen molar-refractivity contribution in [1.82, 2.24) is 15.2 Å². The predicted molar refractivity (Wildman–Crippen MR) is 62.6 cm³/mol. The molecule has 1 aromatic carbocycles. The van der Waals surface area contributed by atoms with E-state index in [1.54, 1.807) is 6.20 Å². The largest absolute Gasteiger partial charge is 0.321 e. The van der Waals surface area contributed by atoms with Crippen molar-refractivity contribution in [3.63, 3.8) is 0 Å². The van der Waals surface area contributed by atoms with Gasteiger partial charge >= 0.3 is 0 Å². The average Bonchev–Trinajstić information content (AvgIpc) is 2.29. The van der Waals surface area contributed by atoms with Gasteiger partial charge in [0.25, 0.3) is 0 Å². The van der Waals surface area contributed by atoms with Crippen molar-refractivity contribution in [1.29, 1.82) is 0 Å². The Kier molecular flexibility index (Phi) is 2.92. The molecule has 2 N–H and O–H groups in total. The van der Waals surface area contributed by atoms with Crippen molar-refractivity contribution < 1.29 is 0 Å². The van der Waals surface area contributed by atoms with Gasteiger partial charge < -0.3 is 5.73 Å². The van der Waals surface area contributed by atoms with E-state index >= 15 is 0 Å². The van der Waals surface area contributed by atoms with E-state index in [-0.39, 0.29) is 6.04 Å². The highest BCUT2D eigenvalue weighted by Crippen LogP contribution is 2.17. The minimum Gasteiger partial charge on any atom is -0.321 e. The second kappa shape index (κ2) is 4.37. The van der Waals surface area contributed by atoms with Crippen molar-refractivity contribution in [2.24, 2.45) is 5.73 Å². The van der Waals surface area contributed by atoms with E-state index in [1.807, 2.05) is 32.0 Å². The van der Waals surface area contributed by atoms with E-state index in [0.717, 1.165) is 11.3 Å². The first-order valence-electron chi connectivity index (χ1n) is 5.19. The second-order valence-electron chi connectivity index (χ2n) is 3.86. The Labute approximate surface area is 94.6 Å². The van der Waals surface area contributed by atoms with Crippen molar-refractivity contribution in [3.8, 4) is 11.3 Å². The van der Waals surface area contributed by atoms with Crippen molar-refractivity contribution in [2.75, 3.05) is 0 Å². The van der Waals surface area contributed by atoms with Crippen molar-refractivity contribution >= 4 is 0 Å². The third-order valence-electron chi connectivity index (χ3n) is 2.30. The third kappa shape index (κ3) is 2.23. The molecule has 0 aliphatic rings. The summed E-state index contributed by atoms with van der Waals surface area (Å²) in [7, 11) is 0. The maximum atomic E-state index is 5.73. The van der Waals surface area contributed by atoms with Crippen LogP contribution in [0.25, 0.3) is 11.3 Å². The van der Waals surface area contributed by atoms with Crippen LogP contribution in [0.4, 0.5) is 0 Å². The standard InChI is InChI=1S/C12H14N4/c1-8-4-3-5-10(6-8)11-7-14-16-12(15-11)9(2)13/h3-7,9H,13H2,1-2H3. The lowest BCUT2D eigenvalue weighted by atomic mass is 10.1. The van der Waals surface area contributed by atoms with E-state index in [2.05, 4.69) is 21.2 Å². The van der Waals surface area contributed by atoms with Gasteiger partial charge in [0.2, 0.25) is 0 Å². The number of aromatic nitrogens is 3. The molecule has 1 atom stereocenters. The van der Waals surface area contributed by atoms with Gasteiger partial charge in [-0.05, 0) is 19.9 Å². The van der Waals surface area contributed by atoms with Crippen molar-refractivity contribution in [2.45, 2.75) is 19.9 Å². The highest BCUT2D eigenvalue weighted by molar-refractivity contribution is 5.58. The summed E-state index contributed by atoms with van der Waals surface area (Å²) in [5, 5.41) is 7.82. The maximum absolute atomic E-state index is 5.73. The molecule has 0 spiro atoms. The number of hydrogen-bond acceptors (Lipinski definition) is 4. The van der Waals surface area contributed by atoms with E-state index in [0.29, 0.717) is 5.82 Å². The molecule has 1 unspecified atom stereocenters. The molecule has 82 valence electrons. The van der Waals surface area contributed by atoms with Gasteiger partial charge in [-0.3, -0.25) is 0 Å². The highest BCUT2D eigenvalue weighted by atomic mass is 15.2. The lowest BCUT2D eigenvalue weighted by molar-refractivity contribution is 0.710. The van der Waals surface area contributed by atoms with Gasteiger partial charge in [0.05, 0.1) is 17.9 Å². The summed E-state index contributed by atoms with van der Waals surface area (Å²) in [4.78, 5) is 4.38. The molecule has 4 heteroatoms. The number of benzene rings is 1. The molecule has 4 nitrogen and oxygen atoms in total. The van der Waals surface area contributed by atoms with E-state index in [9.17, 15) is 0 Å². The smallest absolute Gasteiger partial charge is 0.168 e. The topological polar surface area (TPSA) is 64.7 Å². The van der Waals surface area contributed by atoms with Gasteiger partial charge in [-0.2, -0.15) is 5.10 Å². The lowest BCUT2D eigenvalue weighted by Crippen LogP contribution is -2.11. The Hall–Kier alpha value is -1.81. The lowest BCUT2D eigenvalue weighted by Gasteiger charge is -2.05. The summed E-state index contributed by atoms with van der Waals surface area (Å²) in [5.41, 5.74) is 8.77. The molecule has 1 aromatic heterocycles. The summed E-state index contributed by atoms with van der Waals surface area (Å²) in [6.07, 6.45) is 1.65. The average molecular weight is 214 g/mol. The normalized spacial score (nSPS) is 12.4. The fourth-order valence-corrected chi connectivity index (χ4v) is 1.45. The minimum atomic E-state index is -0.197.